The van der Waals surface area contributed by atoms with Crippen LogP contribution in [0.15, 0.2) is 27.1 Å². The fraction of sp³-hybridized carbons (Fsp3) is 0.538. The third-order valence-electron chi connectivity index (χ3n) is 3.13. The molecule has 1 aromatic rings. The predicted octanol–water partition coefficient (Wildman–Crippen LogP) is 4.66. The maximum Gasteiger partial charge on any atom is 0.0302 e. The van der Waals surface area contributed by atoms with E-state index in [-0.39, 0.29) is 0 Å². The highest BCUT2D eigenvalue weighted by Crippen LogP contribution is 2.32. The first-order valence-electron chi connectivity index (χ1n) is 5.85. The molecular formula is C13H17Br2N. The van der Waals surface area contributed by atoms with Crippen molar-refractivity contribution in [2.24, 2.45) is 5.92 Å². The Balaban J connectivity index is 1.88. The Bertz CT molecular complexity index is 361. The molecule has 1 aliphatic carbocycles. The maximum absolute atomic E-state index is 3.61. The molecule has 1 atom stereocenters. The molecule has 1 saturated carbocycles. The summed E-state index contributed by atoms with van der Waals surface area (Å²) in [6.45, 7) is 3.36. The van der Waals surface area contributed by atoms with Gasteiger partial charge in [-0.05, 0) is 43.5 Å². The highest BCUT2D eigenvalue weighted by Gasteiger charge is 2.20. The van der Waals surface area contributed by atoms with Gasteiger partial charge in [0.15, 0.2) is 0 Å². The molecule has 2 rings (SSSR count). The Kier molecular flexibility index (Phi) is 4.45. The van der Waals surface area contributed by atoms with E-state index in [4.69, 9.17) is 0 Å². The van der Waals surface area contributed by atoms with Crippen LogP contribution in [0.5, 0.6) is 0 Å². The SMILES string of the molecule is CC(NCCC1CC1)c1ccc(Br)cc1Br. The van der Waals surface area contributed by atoms with Gasteiger partial charge in [-0.2, -0.15) is 0 Å². The summed E-state index contributed by atoms with van der Waals surface area (Å²) >= 11 is 7.09. The van der Waals surface area contributed by atoms with Crippen LogP contribution in [0, 0.1) is 5.92 Å². The molecule has 0 radical (unpaired) electrons. The zero-order valence-corrected chi connectivity index (χ0v) is 12.6. The number of hydrogen-bond donors (Lipinski definition) is 1. The predicted molar refractivity (Wildman–Crippen MR) is 75.6 cm³/mol. The quantitative estimate of drug-likeness (QED) is 0.817. The summed E-state index contributed by atoms with van der Waals surface area (Å²) < 4.78 is 2.29. The van der Waals surface area contributed by atoms with E-state index in [0.29, 0.717) is 6.04 Å². The molecule has 1 aliphatic rings. The van der Waals surface area contributed by atoms with Crippen LogP contribution in [0.25, 0.3) is 0 Å². The normalized spacial score (nSPS) is 17.4. The van der Waals surface area contributed by atoms with Crippen molar-refractivity contribution in [2.75, 3.05) is 6.54 Å². The zero-order valence-electron chi connectivity index (χ0n) is 9.47. The molecule has 0 amide bonds. The second-order valence-electron chi connectivity index (χ2n) is 4.57. The molecule has 1 nitrogen and oxygen atoms in total. The maximum atomic E-state index is 3.61. The van der Waals surface area contributed by atoms with Crippen LogP contribution in [-0.2, 0) is 0 Å². The topological polar surface area (TPSA) is 12.0 Å². The minimum Gasteiger partial charge on any atom is -0.310 e. The molecule has 0 aromatic heterocycles. The van der Waals surface area contributed by atoms with Gasteiger partial charge in [-0.25, -0.2) is 0 Å². The second-order valence-corrected chi connectivity index (χ2v) is 6.34. The van der Waals surface area contributed by atoms with Crippen molar-refractivity contribution in [1.82, 2.24) is 5.32 Å². The van der Waals surface area contributed by atoms with Gasteiger partial charge in [-0.1, -0.05) is 50.8 Å². The van der Waals surface area contributed by atoms with E-state index < -0.39 is 0 Å². The van der Waals surface area contributed by atoms with Gasteiger partial charge in [0, 0.05) is 15.0 Å². The van der Waals surface area contributed by atoms with Crippen LogP contribution < -0.4 is 5.32 Å². The average Bonchev–Trinajstić information content (AvgIpc) is 3.01. The summed E-state index contributed by atoms with van der Waals surface area (Å²) in [7, 11) is 0. The molecule has 88 valence electrons. The first-order valence-corrected chi connectivity index (χ1v) is 7.43. The Labute approximate surface area is 114 Å². The molecule has 0 saturated heterocycles. The Morgan fingerprint density at radius 1 is 1.38 bits per heavy atom. The Morgan fingerprint density at radius 3 is 2.75 bits per heavy atom. The van der Waals surface area contributed by atoms with Crippen molar-refractivity contribution in [3.8, 4) is 0 Å². The van der Waals surface area contributed by atoms with Crippen LogP contribution in [0.2, 0.25) is 0 Å². The van der Waals surface area contributed by atoms with Crippen molar-refractivity contribution in [2.45, 2.75) is 32.2 Å². The third-order valence-corrected chi connectivity index (χ3v) is 4.31. The summed E-state index contributed by atoms with van der Waals surface area (Å²) in [4.78, 5) is 0. The van der Waals surface area contributed by atoms with E-state index in [2.05, 4.69) is 62.3 Å². The smallest absolute Gasteiger partial charge is 0.0302 e. The summed E-state index contributed by atoms with van der Waals surface area (Å²) in [5.41, 5.74) is 1.33. The van der Waals surface area contributed by atoms with E-state index in [9.17, 15) is 0 Å². The van der Waals surface area contributed by atoms with E-state index >= 15 is 0 Å². The first kappa shape index (κ1) is 12.6. The molecule has 0 heterocycles. The van der Waals surface area contributed by atoms with Crippen molar-refractivity contribution in [3.05, 3.63) is 32.7 Å². The van der Waals surface area contributed by atoms with Crippen molar-refractivity contribution in [3.63, 3.8) is 0 Å². The monoisotopic (exact) mass is 345 g/mol. The minimum absolute atomic E-state index is 0.418. The van der Waals surface area contributed by atoms with Gasteiger partial charge in [-0.15, -0.1) is 0 Å². The molecule has 1 fully saturated rings. The average molecular weight is 347 g/mol. The molecule has 1 N–H and O–H groups in total. The van der Waals surface area contributed by atoms with Gasteiger partial charge in [-0.3, -0.25) is 0 Å². The molecule has 0 bridgehead atoms. The van der Waals surface area contributed by atoms with Crippen molar-refractivity contribution in [1.29, 1.82) is 0 Å². The third kappa shape index (κ3) is 3.57. The summed E-state index contributed by atoms with van der Waals surface area (Å²) in [5, 5.41) is 3.59. The fourth-order valence-corrected chi connectivity index (χ4v) is 3.26. The summed E-state index contributed by atoms with van der Waals surface area (Å²) in [5.74, 6) is 1.01. The van der Waals surface area contributed by atoms with Crippen LogP contribution in [0.3, 0.4) is 0 Å². The van der Waals surface area contributed by atoms with Gasteiger partial charge >= 0.3 is 0 Å². The van der Waals surface area contributed by atoms with Gasteiger partial charge in [0.2, 0.25) is 0 Å². The van der Waals surface area contributed by atoms with Crippen LogP contribution >= 0.6 is 31.9 Å². The van der Waals surface area contributed by atoms with Crippen LogP contribution in [0.1, 0.15) is 37.8 Å². The lowest BCUT2D eigenvalue weighted by atomic mass is 10.1. The van der Waals surface area contributed by atoms with Crippen molar-refractivity contribution < 1.29 is 0 Å². The molecule has 0 spiro atoms. The second kappa shape index (κ2) is 5.65. The Hall–Kier alpha value is 0.140. The molecule has 1 aromatic carbocycles. The minimum atomic E-state index is 0.418. The lowest BCUT2D eigenvalue weighted by Crippen LogP contribution is -2.20. The van der Waals surface area contributed by atoms with Gasteiger partial charge < -0.3 is 5.32 Å². The number of halogens is 2. The first-order chi connectivity index (χ1) is 7.66. The van der Waals surface area contributed by atoms with Gasteiger partial charge in [0.05, 0.1) is 0 Å². The largest absolute Gasteiger partial charge is 0.310 e. The number of benzene rings is 1. The lowest BCUT2D eigenvalue weighted by Gasteiger charge is -2.16. The molecule has 16 heavy (non-hydrogen) atoms. The molecule has 1 unspecified atom stereocenters. The standard InChI is InChI=1S/C13H17Br2N/c1-9(16-7-6-10-2-3-10)12-5-4-11(14)8-13(12)15/h4-5,8-10,16H,2-3,6-7H2,1H3. The fourth-order valence-electron chi connectivity index (χ4n) is 1.87. The van der Waals surface area contributed by atoms with E-state index in [0.717, 1.165) is 16.9 Å². The number of nitrogens with one attached hydrogen (secondary N) is 1. The molecular weight excluding hydrogens is 330 g/mol. The van der Waals surface area contributed by atoms with E-state index in [1.807, 2.05) is 0 Å². The molecule has 3 heteroatoms. The van der Waals surface area contributed by atoms with Crippen LogP contribution in [0.4, 0.5) is 0 Å². The number of hydrogen-bond acceptors (Lipinski definition) is 1. The number of rotatable bonds is 5. The lowest BCUT2D eigenvalue weighted by molar-refractivity contribution is 0.538. The van der Waals surface area contributed by atoms with Crippen LogP contribution in [-0.4, -0.2) is 6.54 Å². The summed E-state index contributed by atoms with van der Waals surface area (Å²) in [6, 6.07) is 6.79. The summed E-state index contributed by atoms with van der Waals surface area (Å²) in [6.07, 6.45) is 4.22. The van der Waals surface area contributed by atoms with Crippen molar-refractivity contribution >= 4 is 31.9 Å². The van der Waals surface area contributed by atoms with E-state index in [1.165, 1.54) is 29.3 Å². The zero-order chi connectivity index (χ0) is 11.5. The highest BCUT2D eigenvalue weighted by atomic mass is 79.9. The van der Waals surface area contributed by atoms with Gasteiger partial charge in [0.1, 0.15) is 0 Å². The molecule has 0 aliphatic heterocycles. The van der Waals surface area contributed by atoms with Gasteiger partial charge in [0.25, 0.3) is 0 Å². The van der Waals surface area contributed by atoms with E-state index in [1.54, 1.807) is 0 Å². The Morgan fingerprint density at radius 2 is 2.12 bits per heavy atom. The highest BCUT2D eigenvalue weighted by molar-refractivity contribution is 9.11.